The maximum Gasteiger partial charge on any atom is 0.175 e. The Labute approximate surface area is 138 Å². The van der Waals surface area contributed by atoms with Crippen LogP contribution in [0.5, 0.6) is 5.75 Å². The summed E-state index contributed by atoms with van der Waals surface area (Å²) < 4.78 is 5.09. The number of halogens is 2. The Balaban J connectivity index is 2.04. The van der Waals surface area contributed by atoms with Crippen LogP contribution in [0.4, 0.5) is 17.1 Å². The van der Waals surface area contributed by atoms with Crippen molar-refractivity contribution in [1.82, 2.24) is 0 Å². The number of rotatable bonds is 3. The Morgan fingerprint density at radius 2 is 1.57 bits per heavy atom. The van der Waals surface area contributed by atoms with Crippen LogP contribution < -0.4 is 21.1 Å². The Morgan fingerprint density at radius 1 is 1.05 bits per heavy atom. The Kier molecular flexibility index (Phi) is 5.12. The van der Waals surface area contributed by atoms with Crippen molar-refractivity contribution in [2.75, 3.05) is 23.5 Å². The van der Waals surface area contributed by atoms with E-state index in [2.05, 4.69) is 10.6 Å². The number of anilines is 3. The molecule has 2 aromatic carbocycles. The molecule has 0 heterocycles. The molecule has 0 aliphatic heterocycles. The number of ether oxygens (including phenoxy) is 1. The fourth-order valence-electron chi connectivity index (χ4n) is 1.62. The molecule has 4 N–H and O–H groups in total. The van der Waals surface area contributed by atoms with Crippen molar-refractivity contribution >= 4 is 57.6 Å². The van der Waals surface area contributed by atoms with Gasteiger partial charge in [0.25, 0.3) is 0 Å². The van der Waals surface area contributed by atoms with Crippen LogP contribution in [0.2, 0.25) is 10.0 Å². The molecule has 0 aliphatic carbocycles. The van der Waals surface area contributed by atoms with Crippen LogP contribution in [-0.2, 0) is 0 Å². The van der Waals surface area contributed by atoms with E-state index >= 15 is 0 Å². The molecule has 0 atom stereocenters. The second-order valence-corrected chi connectivity index (χ2v) is 5.38. The fourth-order valence-corrected chi connectivity index (χ4v) is 2.35. The number of nitrogen functional groups attached to an aromatic ring is 1. The molecule has 0 bridgehead atoms. The molecule has 0 radical (unpaired) electrons. The van der Waals surface area contributed by atoms with Crippen molar-refractivity contribution in [3.63, 3.8) is 0 Å². The van der Waals surface area contributed by atoms with E-state index in [1.807, 2.05) is 24.3 Å². The number of thiocarbonyl (C=S) groups is 1. The third kappa shape index (κ3) is 4.14. The van der Waals surface area contributed by atoms with E-state index < -0.39 is 0 Å². The maximum absolute atomic E-state index is 5.97. The first-order valence-corrected chi connectivity index (χ1v) is 7.12. The van der Waals surface area contributed by atoms with Gasteiger partial charge in [-0.3, -0.25) is 0 Å². The molecule has 0 saturated heterocycles. The minimum atomic E-state index is 0.345. The molecule has 0 spiro atoms. The predicted octanol–water partition coefficient (Wildman–Crippen LogP) is 4.39. The molecule has 2 rings (SSSR count). The number of nitrogens with two attached hydrogens (primary N) is 1. The van der Waals surface area contributed by atoms with E-state index in [1.54, 1.807) is 19.2 Å². The van der Waals surface area contributed by atoms with Crippen LogP contribution in [0.3, 0.4) is 0 Å². The highest BCUT2D eigenvalue weighted by molar-refractivity contribution is 7.80. The van der Waals surface area contributed by atoms with Crippen molar-refractivity contribution in [2.24, 2.45) is 0 Å². The van der Waals surface area contributed by atoms with Gasteiger partial charge in [-0.1, -0.05) is 23.2 Å². The minimum Gasteiger partial charge on any atom is -0.497 e. The first-order valence-electron chi connectivity index (χ1n) is 5.96. The first-order chi connectivity index (χ1) is 9.99. The minimum absolute atomic E-state index is 0.345. The van der Waals surface area contributed by atoms with Crippen LogP contribution >= 0.6 is 35.4 Å². The topological polar surface area (TPSA) is 59.3 Å². The molecule has 0 aromatic heterocycles. The molecule has 0 amide bonds. The van der Waals surface area contributed by atoms with E-state index in [0.717, 1.165) is 11.4 Å². The van der Waals surface area contributed by atoms with Crippen molar-refractivity contribution in [1.29, 1.82) is 0 Å². The van der Waals surface area contributed by atoms with Gasteiger partial charge in [-0.05, 0) is 48.6 Å². The lowest BCUT2D eigenvalue weighted by Gasteiger charge is -2.12. The first kappa shape index (κ1) is 15.7. The quantitative estimate of drug-likeness (QED) is 0.570. The van der Waals surface area contributed by atoms with Crippen LogP contribution in [-0.4, -0.2) is 12.2 Å². The lowest BCUT2D eigenvalue weighted by atomic mass is 10.3. The zero-order valence-electron chi connectivity index (χ0n) is 11.1. The maximum atomic E-state index is 5.97. The normalized spacial score (nSPS) is 10.0. The summed E-state index contributed by atoms with van der Waals surface area (Å²) in [6, 6.07) is 10.7. The summed E-state index contributed by atoms with van der Waals surface area (Å²) in [5.41, 5.74) is 7.52. The van der Waals surface area contributed by atoms with E-state index in [9.17, 15) is 0 Å². The van der Waals surface area contributed by atoms with Gasteiger partial charge < -0.3 is 21.1 Å². The second-order valence-electron chi connectivity index (χ2n) is 4.16. The molecule has 110 valence electrons. The van der Waals surface area contributed by atoms with Gasteiger partial charge in [0, 0.05) is 11.4 Å². The third-order valence-electron chi connectivity index (χ3n) is 2.68. The van der Waals surface area contributed by atoms with Crippen molar-refractivity contribution in [3.05, 3.63) is 46.4 Å². The Hall–Kier alpha value is -1.69. The molecule has 0 fully saturated rings. The van der Waals surface area contributed by atoms with Gasteiger partial charge >= 0.3 is 0 Å². The summed E-state index contributed by atoms with van der Waals surface area (Å²) in [4.78, 5) is 0. The number of hydrogen-bond acceptors (Lipinski definition) is 3. The van der Waals surface area contributed by atoms with Gasteiger partial charge in [0.1, 0.15) is 5.75 Å². The van der Waals surface area contributed by atoms with Gasteiger partial charge in [-0.15, -0.1) is 0 Å². The zero-order valence-corrected chi connectivity index (χ0v) is 13.4. The number of methoxy groups -OCH3 is 1. The van der Waals surface area contributed by atoms with E-state index in [1.165, 1.54) is 0 Å². The van der Waals surface area contributed by atoms with Crippen molar-refractivity contribution in [3.8, 4) is 5.75 Å². The lowest BCUT2D eigenvalue weighted by Crippen LogP contribution is -2.19. The van der Waals surface area contributed by atoms with Gasteiger partial charge in [-0.25, -0.2) is 0 Å². The van der Waals surface area contributed by atoms with E-state index in [4.69, 9.17) is 45.9 Å². The Morgan fingerprint density at radius 3 is 2.10 bits per heavy atom. The second kappa shape index (κ2) is 6.85. The predicted molar refractivity (Wildman–Crippen MR) is 93.7 cm³/mol. The number of benzene rings is 2. The summed E-state index contributed by atoms with van der Waals surface area (Å²) in [6.07, 6.45) is 0. The van der Waals surface area contributed by atoms with Crippen LogP contribution in [0.25, 0.3) is 0 Å². The zero-order chi connectivity index (χ0) is 15.4. The standard InChI is InChI=1S/C14H13Cl2N3OS/c1-20-10-4-2-8(3-5-10)18-14(21)19-9-6-11(15)13(17)12(16)7-9/h2-7H,17H2,1H3,(H2,18,19,21). The molecule has 0 unspecified atom stereocenters. The monoisotopic (exact) mass is 341 g/mol. The van der Waals surface area contributed by atoms with Crippen LogP contribution in [0.15, 0.2) is 36.4 Å². The van der Waals surface area contributed by atoms with Crippen LogP contribution in [0.1, 0.15) is 0 Å². The molecule has 4 nitrogen and oxygen atoms in total. The third-order valence-corrected chi connectivity index (χ3v) is 3.51. The summed E-state index contributed by atoms with van der Waals surface area (Å²) in [6.45, 7) is 0. The number of nitrogens with one attached hydrogen (secondary N) is 2. The molecule has 21 heavy (non-hydrogen) atoms. The summed E-state index contributed by atoms with van der Waals surface area (Å²) in [5, 5.41) is 7.19. The largest absolute Gasteiger partial charge is 0.497 e. The number of hydrogen-bond donors (Lipinski definition) is 3. The SMILES string of the molecule is COc1ccc(NC(=S)Nc2cc(Cl)c(N)c(Cl)c2)cc1. The molecular formula is C14H13Cl2N3OS. The molecule has 0 saturated carbocycles. The van der Waals surface area contributed by atoms with Gasteiger partial charge in [0.15, 0.2) is 5.11 Å². The molecule has 7 heteroatoms. The molecule has 2 aromatic rings. The smallest absolute Gasteiger partial charge is 0.175 e. The van der Waals surface area contributed by atoms with Gasteiger partial charge in [0.2, 0.25) is 0 Å². The van der Waals surface area contributed by atoms with Gasteiger partial charge in [-0.2, -0.15) is 0 Å². The average molecular weight is 342 g/mol. The lowest BCUT2D eigenvalue weighted by molar-refractivity contribution is 0.415. The highest BCUT2D eigenvalue weighted by atomic mass is 35.5. The van der Waals surface area contributed by atoms with Crippen LogP contribution in [0, 0.1) is 0 Å². The van der Waals surface area contributed by atoms with E-state index in [0.29, 0.717) is 26.5 Å². The van der Waals surface area contributed by atoms with Gasteiger partial charge in [0.05, 0.1) is 22.8 Å². The highest BCUT2D eigenvalue weighted by Gasteiger charge is 2.06. The van der Waals surface area contributed by atoms with E-state index in [-0.39, 0.29) is 0 Å². The average Bonchev–Trinajstić information content (AvgIpc) is 2.45. The fraction of sp³-hybridized carbons (Fsp3) is 0.0714. The summed E-state index contributed by atoms with van der Waals surface area (Å²) in [7, 11) is 1.61. The molecule has 0 aliphatic rings. The van der Waals surface area contributed by atoms with Crippen molar-refractivity contribution in [2.45, 2.75) is 0 Å². The summed E-state index contributed by atoms with van der Waals surface area (Å²) >= 11 is 17.2. The van der Waals surface area contributed by atoms with Crippen molar-refractivity contribution < 1.29 is 4.74 Å². The summed E-state index contributed by atoms with van der Waals surface area (Å²) in [5.74, 6) is 0.775. The Bertz CT molecular complexity index is 639. The highest BCUT2D eigenvalue weighted by Crippen LogP contribution is 2.31. The molecular weight excluding hydrogens is 329 g/mol.